The molecule has 3 rings (SSSR count). The molecule has 0 atom stereocenters. The van der Waals surface area contributed by atoms with Gasteiger partial charge in [0, 0.05) is 23.5 Å². The van der Waals surface area contributed by atoms with Crippen LogP contribution in [0.15, 0.2) is 65.8 Å². The molecule has 0 radical (unpaired) electrons. The first kappa shape index (κ1) is 16.2. The van der Waals surface area contributed by atoms with Gasteiger partial charge in [0.05, 0.1) is 10.6 Å². The number of nitrogen functional groups attached to an aromatic ring is 1. The van der Waals surface area contributed by atoms with Gasteiger partial charge in [0.25, 0.3) is 10.0 Å². The van der Waals surface area contributed by atoms with E-state index < -0.39 is 10.0 Å². The molecule has 0 saturated carbocycles. The van der Waals surface area contributed by atoms with E-state index in [-0.39, 0.29) is 15.7 Å². The SMILES string of the molecule is Nc1ccc(-c2cnc(Cl)c(NS(=O)(=O)c3ccccc3)c2)cn1. The number of anilines is 2. The molecular weight excluding hydrogens is 348 g/mol. The molecule has 0 fully saturated rings. The quantitative estimate of drug-likeness (QED) is 0.696. The summed E-state index contributed by atoms with van der Waals surface area (Å²) < 4.78 is 27.3. The number of sulfonamides is 1. The predicted molar refractivity (Wildman–Crippen MR) is 94.1 cm³/mol. The third kappa shape index (κ3) is 3.47. The number of halogens is 1. The first-order chi connectivity index (χ1) is 11.5. The van der Waals surface area contributed by atoms with Crippen molar-refractivity contribution in [3.8, 4) is 11.1 Å². The Kier molecular flexibility index (Phi) is 4.37. The topological polar surface area (TPSA) is 98.0 Å². The molecule has 0 aliphatic heterocycles. The molecule has 8 heteroatoms. The van der Waals surface area contributed by atoms with E-state index in [1.54, 1.807) is 42.6 Å². The second-order valence-corrected chi connectivity index (χ2v) is 6.99. The molecule has 3 N–H and O–H groups in total. The van der Waals surface area contributed by atoms with Gasteiger partial charge in [-0.15, -0.1) is 0 Å². The Labute approximate surface area is 144 Å². The van der Waals surface area contributed by atoms with Crippen LogP contribution in [0.25, 0.3) is 11.1 Å². The van der Waals surface area contributed by atoms with Crippen molar-refractivity contribution in [3.05, 3.63) is 66.1 Å². The molecule has 0 aliphatic carbocycles. The second-order valence-electron chi connectivity index (χ2n) is 4.95. The van der Waals surface area contributed by atoms with Crippen LogP contribution in [0.4, 0.5) is 11.5 Å². The van der Waals surface area contributed by atoms with Crippen molar-refractivity contribution in [1.82, 2.24) is 9.97 Å². The van der Waals surface area contributed by atoms with Gasteiger partial charge in [0.2, 0.25) is 0 Å². The summed E-state index contributed by atoms with van der Waals surface area (Å²) >= 11 is 6.03. The van der Waals surface area contributed by atoms with Crippen molar-refractivity contribution in [3.63, 3.8) is 0 Å². The first-order valence-corrected chi connectivity index (χ1v) is 8.77. The number of hydrogen-bond donors (Lipinski definition) is 2. The number of rotatable bonds is 4. The van der Waals surface area contributed by atoms with Gasteiger partial charge >= 0.3 is 0 Å². The number of nitrogens with one attached hydrogen (secondary N) is 1. The van der Waals surface area contributed by atoms with Gasteiger partial charge in [-0.1, -0.05) is 29.8 Å². The van der Waals surface area contributed by atoms with Gasteiger partial charge < -0.3 is 5.73 Å². The molecule has 0 aliphatic rings. The fourth-order valence-corrected chi connectivity index (χ4v) is 3.34. The fraction of sp³-hybridized carbons (Fsp3) is 0. The van der Waals surface area contributed by atoms with Crippen molar-refractivity contribution in [2.24, 2.45) is 0 Å². The van der Waals surface area contributed by atoms with E-state index in [0.717, 1.165) is 5.56 Å². The van der Waals surface area contributed by atoms with Crippen molar-refractivity contribution >= 4 is 33.1 Å². The largest absolute Gasteiger partial charge is 0.384 e. The van der Waals surface area contributed by atoms with Gasteiger partial charge in [0.15, 0.2) is 5.15 Å². The summed E-state index contributed by atoms with van der Waals surface area (Å²) in [5.74, 6) is 0.394. The van der Waals surface area contributed by atoms with E-state index in [1.807, 2.05) is 0 Å². The summed E-state index contributed by atoms with van der Waals surface area (Å²) in [7, 11) is -3.75. The molecule has 0 spiro atoms. The molecule has 0 saturated heterocycles. The average Bonchev–Trinajstić information content (AvgIpc) is 2.58. The summed E-state index contributed by atoms with van der Waals surface area (Å²) in [5, 5.41) is 0.0571. The molecule has 6 nitrogen and oxygen atoms in total. The first-order valence-electron chi connectivity index (χ1n) is 6.91. The van der Waals surface area contributed by atoms with Crippen LogP contribution in [-0.4, -0.2) is 18.4 Å². The summed E-state index contributed by atoms with van der Waals surface area (Å²) in [6.45, 7) is 0. The third-order valence-corrected chi connectivity index (χ3v) is 4.94. The number of pyridine rings is 2. The number of nitrogens with zero attached hydrogens (tertiary/aromatic N) is 2. The van der Waals surface area contributed by atoms with Crippen molar-refractivity contribution in [2.45, 2.75) is 4.90 Å². The Morgan fingerprint density at radius 3 is 2.33 bits per heavy atom. The van der Waals surface area contributed by atoms with Crippen LogP contribution in [0, 0.1) is 0 Å². The Morgan fingerprint density at radius 2 is 1.67 bits per heavy atom. The molecule has 2 aromatic heterocycles. The zero-order chi connectivity index (χ0) is 17.2. The average molecular weight is 361 g/mol. The Morgan fingerprint density at radius 1 is 0.958 bits per heavy atom. The summed E-state index contributed by atoms with van der Waals surface area (Å²) in [6.07, 6.45) is 3.12. The van der Waals surface area contributed by atoms with Gasteiger partial charge in [-0.3, -0.25) is 4.72 Å². The summed E-state index contributed by atoms with van der Waals surface area (Å²) in [4.78, 5) is 8.18. The normalized spacial score (nSPS) is 11.2. The Hall–Kier alpha value is -2.64. The van der Waals surface area contributed by atoms with Gasteiger partial charge in [-0.2, -0.15) is 0 Å². The van der Waals surface area contributed by atoms with E-state index in [2.05, 4.69) is 14.7 Å². The smallest absolute Gasteiger partial charge is 0.261 e. The van der Waals surface area contributed by atoms with E-state index >= 15 is 0 Å². The highest BCUT2D eigenvalue weighted by molar-refractivity contribution is 7.92. The zero-order valence-electron chi connectivity index (χ0n) is 12.3. The van der Waals surface area contributed by atoms with Crippen molar-refractivity contribution in [2.75, 3.05) is 10.5 Å². The molecule has 2 heterocycles. The zero-order valence-corrected chi connectivity index (χ0v) is 13.9. The third-order valence-electron chi connectivity index (χ3n) is 3.26. The van der Waals surface area contributed by atoms with Crippen LogP contribution < -0.4 is 10.5 Å². The monoisotopic (exact) mass is 360 g/mol. The van der Waals surface area contributed by atoms with E-state index in [1.165, 1.54) is 18.3 Å². The number of hydrogen-bond acceptors (Lipinski definition) is 5. The highest BCUT2D eigenvalue weighted by Gasteiger charge is 2.16. The standard InChI is InChI=1S/C16H13ClN4O2S/c17-16-14(21-24(22,23)13-4-2-1-3-5-13)8-12(10-20-16)11-6-7-15(18)19-9-11/h1-10,21H,(H2,18,19). The lowest BCUT2D eigenvalue weighted by Crippen LogP contribution is -2.13. The van der Waals surface area contributed by atoms with Crippen LogP contribution in [0.5, 0.6) is 0 Å². The number of nitrogens with two attached hydrogens (primary N) is 1. The Bertz CT molecular complexity index is 961. The van der Waals surface area contributed by atoms with Gasteiger partial charge in [-0.05, 0) is 30.3 Å². The van der Waals surface area contributed by atoms with Crippen molar-refractivity contribution < 1.29 is 8.42 Å². The lowest BCUT2D eigenvalue weighted by Gasteiger charge is -2.11. The molecule has 24 heavy (non-hydrogen) atoms. The van der Waals surface area contributed by atoms with Crippen LogP contribution in [0.2, 0.25) is 5.15 Å². The number of benzene rings is 1. The van der Waals surface area contributed by atoms with E-state index in [4.69, 9.17) is 17.3 Å². The van der Waals surface area contributed by atoms with Gasteiger partial charge in [-0.25, -0.2) is 18.4 Å². The van der Waals surface area contributed by atoms with Crippen LogP contribution in [-0.2, 0) is 10.0 Å². The van der Waals surface area contributed by atoms with Crippen LogP contribution in [0.3, 0.4) is 0 Å². The minimum absolute atomic E-state index is 0.0571. The highest BCUT2D eigenvalue weighted by atomic mass is 35.5. The maximum atomic E-state index is 12.4. The lowest BCUT2D eigenvalue weighted by molar-refractivity contribution is 0.601. The van der Waals surface area contributed by atoms with E-state index in [9.17, 15) is 8.42 Å². The van der Waals surface area contributed by atoms with E-state index in [0.29, 0.717) is 11.4 Å². The summed E-state index contributed by atoms with van der Waals surface area (Å²) in [5.41, 5.74) is 7.17. The molecule has 0 unspecified atom stereocenters. The maximum Gasteiger partial charge on any atom is 0.261 e. The molecule has 122 valence electrons. The molecule has 3 aromatic rings. The predicted octanol–water partition coefficient (Wildman–Crippen LogP) is 3.18. The van der Waals surface area contributed by atoms with Crippen LogP contribution >= 0.6 is 11.6 Å². The minimum Gasteiger partial charge on any atom is -0.384 e. The molecule has 0 amide bonds. The van der Waals surface area contributed by atoms with Gasteiger partial charge in [0.1, 0.15) is 5.82 Å². The fourth-order valence-electron chi connectivity index (χ4n) is 2.06. The molecule has 1 aromatic carbocycles. The Balaban J connectivity index is 1.97. The molecular formula is C16H13ClN4O2S. The van der Waals surface area contributed by atoms with Crippen molar-refractivity contribution in [1.29, 1.82) is 0 Å². The second kappa shape index (κ2) is 6.46. The highest BCUT2D eigenvalue weighted by Crippen LogP contribution is 2.28. The summed E-state index contributed by atoms with van der Waals surface area (Å²) in [6, 6.07) is 13.0. The number of aromatic nitrogens is 2. The van der Waals surface area contributed by atoms with Crippen LogP contribution in [0.1, 0.15) is 0 Å². The molecule has 0 bridgehead atoms. The maximum absolute atomic E-state index is 12.4. The lowest BCUT2D eigenvalue weighted by atomic mass is 10.1. The minimum atomic E-state index is -3.75.